The van der Waals surface area contributed by atoms with Crippen LogP contribution in [0.25, 0.3) is 11.3 Å². The van der Waals surface area contributed by atoms with Crippen LogP contribution in [0.4, 0.5) is 5.69 Å². The molecule has 0 aliphatic carbocycles. The van der Waals surface area contributed by atoms with Gasteiger partial charge in [0.2, 0.25) is 5.84 Å². The summed E-state index contributed by atoms with van der Waals surface area (Å²) in [6.45, 7) is 0.277. The van der Waals surface area contributed by atoms with Gasteiger partial charge < -0.3 is 10.6 Å². The highest BCUT2D eigenvalue weighted by Crippen LogP contribution is 2.31. The van der Waals surface area contributed by atoms with Crippen LogP contribution in [0.3, 0.4) is 0 Å². The minimum Gasteiger partial charge on any atom is -0.348 e. The Kier molecular flexibility index (Phi) is 5.69. The number of hydrogen-bond acceptors (Lipinski definition) is 5. The van der Waals surface area contributed by atoms with Gasteiger partial charge >= 0.3 is 0 Å². The third-order valence-electron chi connectivity index (χ3n) is 5.62. The van der Waals surface area contributed by atoms with E-state index in [9.17, 15) is 13.2 Å². The molecule has 3 N–H and O–H groups in total. The monoisotopic (exact) mass is 471 g/mol. The first-order chi connectivity index (χ1) is 16.5. The fraction of sp³-hybridized carbons (Fsp3) is 0.0800. The zero-order valence-electron chi connectivity index (χ0n) is 18.0. The standard InChI is InChI=1S/C25H21N5O3S/c31-25(26-16-20(17-7-3-1-4-8-17)18-9-5-2-6-10-18)24-28-22-12-11-19(21-13-14-27-29-21)15-23(22)34(32,33)30-24/h1-15,20H,16H2,(H,26,31)(H,27,29)(H,28,30). The molecule has 8 nitrogen and oxygen atoms in total. The zero-order valence-corrected chi connectivity index (χ0v) is 18.8. The van der Waals surface area contributed by atoms with E-state index in [1.807, 2.05) is 60.7 Å². The second-order valence-corrected chi connectivity index (χ2v) is 9.38. The molecule has 0 radical (unpaired) electrons. The molecule has 0 saturated heterocycles. The largest absolute Gasteiger partial charge is 0.348 e. The van der Waals surface area contributed by atoms with Crippen LogP contribution in [0.5, 0.6) is 0 Å². The molecule has 170 valence electrons. The van der Waals surface area contributed by atoms with E-state index in [1.165, 1.54) is 6.07 Å². The Morgan fingerprint density at radius 2 is 1.59 bits per heavy atom. The van der Waals surface area contributed by atoms with E-state index in [1.54, 1.807) is 24.4 Å². The normalized spacial score (nSPS) is 14.1. The maximum absolute atomic E-state index is 12.9. The van der Waals surface area contributed by atoms with E-state index in [0.717, 1.165) is 11.1 Å². The second-order valence-electron chi connectivity index (χ2n) is 7.81. The van der Waals surface area contributed by atoms with E-state index in [2.05, 4.69) is 25.2 Å². The minimum absolute atomic E-state index is 0.00241. The van der Waals surface area contributed by atoms with Crippen LogP contribution in [0.1, 0.15) is 17.0 Å². The number of benzene rings is 3. The van der Waals surface area contributed by atoms with Gasteiger partial charge in [-0.3, -0.25) is 9.89 Å². The van der Waals surface area contributed by atoms with Crippen molar-refractivity contribution in [1.82, 2.24) is 15.5 Å². The summed E-state index contributed by atoms with van der Waals surface area (Å²) in [6, 6.07) is 26.2. The van der Waals surface area contributed by atoms with Gasteiger partial charge in [0.1, 0.15) is 4.90 Å². The molecule has 1 aliphatic heterocycles. The van der Waals surface area contributed by atoms with Crippen LogP contribution in [0, 0.1) is 0 Å². The van der Waals surface area contributed by atoms with Gasteiger partial charge in [-0.05, 0) is 29.3 Å². The van der Waals surface area contributed by atoms with Crippen molar-refractivity contribution in [2.24, 2.45) is 4.40 Å². The molecule has 4 aromatic rings. The SMILES string of the molecule is O=C(NCC(c1ccccc1)c1ccccc1)C1=NS(=O)(=O)c2cc(-c3ccn[nH]3)ccc2N1. The number of amides is 1. The molecule has 1 aromatic heterocycles. The maximum atomic E-state index is 12.9. The summed E-state index contributed by atoms with van der Waals surface area (Å²) < 4.78 is 29.5. The second kappa shape index (κ2) is 8.95. The van der Waals surface area contributed by atoms with Crippen molar-refractivity contribution < 1.29 is 13.2 Å². The van der Waals surface area contributed by atoms with E-state index >= 15 is 0 Å². The summed E-state index contributed by atoms with van der Waals surface area (Å²) in [5.41, 5.74) is 3.71. The van der Waals surface area contributed by atoms with Gasteiger partial charge in [-0.1, -0.05) is 66.7 Å². The summed E-state index contributed by atoms with van der Waals surface area (Å²) in [5, 5.41) is 12.4. The lowest BCUT2D eigenvalue weighted by molar-refractivity contribution is -0.114. The predicted octanol–water partition coefficient (Wildman–Crippen LogP) is 3.54. The summed E-state index contributed by atoms with van der Waals surface area (Å²) in [4.78, 5) is 12.9. The molecular weight excluding hydrogens is 450 g/mol. The van der Waals surface area contributed by atoms with Crippen molar-refractivity contribution in [3.8, 4) is 11.3 Å². The number of nitrogens with one attached hydrogen (secondary N) is 3. The molecule has 0 unspecified atom stereocenters. The van der Waals surface area contributed by atoms with Crippen LogP contribution in [0.2, 0.25) is 0 Å². The van der Waals surface area contributed by atoms with Crippen molar-refractivity contribution in [2.45, 2.75) is 10.8 Å². The number of carbonyl (C=O) groups is 1. The van der Waals surface area contributed by atoms with Gasteiger partial charge in [-0.2, -0.15) is 13.5 Å². The van der Waals surface area contributed by atoms with Crippen LogP contribution in [0.15, 0.2) is 100 Å². The minimum atomic E-state index is -4.06. The first kappa shape index (κ1) is 21.6. The van der Waals surface area contributed by atoms with Crippen LogP contribution in [-0.2, 0) is 14.8 Å². The Bertz CT molecular complexity index is 1410. The van der Waals surface area contributed by atoms with Gasteiger partial charge in [0.05, 0.1) is 11.4 Å². The first-order valence-electron chi connectivity index (χ1n) is 10.7. The third-order valence-corrected chi connectivity index (χ3v) is 6.94. The number of anilines is 1. The predicted molar refractivity (Wildman–Crippen MR) is 130 cm³/mol. The third kappa shape index (κ3) is 4.33. The van der Waals surface area contributed by atoms with E-state index in [4.69, 9.17) is 0 Å². The molecule has 0 bridgehead atoms. The molecule has 0 fully saturated rings. The molecule has 9 heteroatoms. The van der Waals surface area contributed by atoms with Crippen molar-refractivity contribution >= 4 is 27.5 Å². The van der Waals surface area contributed by atoms with Gasteiger partial charge in [-0.15, -0.1) is 4.40 Å². The zero-order chi connectivity index (χ0) is 23.5. The Hall–Kier alpha value is -4.24. The Labute approximate surface area is 196 Å². The summed E-state index contributed by atoms with van der Waals surface area (Å²) in [7, 11) is -4.06. The number of nitrogens with zero attached hydrogens (tertiary/aromatic N) is 2. The van der Waals surface area contributed by atoms with Crippen LogP contribution >= 0.6 is 0 Å². The number of rotatable bonds is 6. The van der Waals surface area contributed by atoms with Crippen molar-refractivity contribution in [3.05, 3.63) is 102 Å². The lowest BCUT2D eigenvalue weighted by Crippen LogP contribution is -2.40. The number of aromatic amines is 1. The fourth-order valence-electron chi connectivity index (χ4n) is 3.92. The number of fused-ring (bicyclic) bond motifs is 1. The molecule has 0 atom stereocenters. The van der Waals surface area contributed by atoms with E-state index in [-0.39, 0.29) is 23.2 Å². The summed E-state index contributed by atoms with van der Waals surface area (Å²) in [6.07, 6.45) is 1.58. The van der Waals surface area contributed by atoms with Gasteiger partial charge in [0, 0.05) is 24.2 Å². The van der Waals surface area contributed by atoms with Crippen molar-refractivity contribution in [2.75, 3.05) is 11.9 Å². The molecule has 2 heterocycles. The molecule has 0 saturated carbocycles. The molecule has 3 aromatic carbocycles. The summed E-state index contributed by atoms with van der Waals surface area (Å²) in [5.74, 6) is -0.957. The van der Waals surface area contributed by atoms with E-state index in [0.29, 0.717) is 16.9 Å². The van der Waals surface area contributed by atoms with Crippen molar-refractivity contribution in [1.29, 1.82) is 0 Å². The molecule has 0 spiro atoms. The van der Waals surface area contributed by atoms with Crippen LogP contribution in [-0.4, -0.2) is 36.9 Å². The first-order valence-corrected chi connectivity index (χ1v) is 12.1. The highest BCUT2D eigenvalue weighted by molar-refractivity contribution is 7.90. The number of H-pyrrole nitrogens is 1. The number of hydrogen-bond donors (Lipinski definition) is 3. The number of amidine groups is 1. The number of aromatic nitrogens is 2. The summed E-state index contributed by atoms with van der Waals surface area (Å²) >= 11 is 0. The van der Waals surface area contributed by atoms with Crippen LogP contribution < -0.4 is 10.6 Å². The topological polar surface area (TPSA) is 116 Å². The Morgan fingerprint density at radius 3 is 2.21 bits per heavy atom. The molecule has 34 heavy (non-hydrogen) atoms. The van der Waals surface area contributed by atoms with Gasteiger partial charge in [0.15, 0.2) is 0 Å². The van der Waals surface area contributed by atoms with E-state index < -0.39 is 15.9 Å². The number of sulfonamides is 1. The highest BCUT2D eigenvalue weighted by atomic mass is 32.2. The maximum Gasteiger partial charge on any atom is 0.287 e. The Morgan fingerprint density at radius 1 is 0.912 bits per heavy atom. The Balaban J connectivity index is 1.37. The van der Waals surface area contributed by atoms with Crippen molar-refractivity contribution in [3.63, 3.8) is 0 Å². The fourth-order valence-corrected chi connectivity index (χ4v) is 5.06. The molecular formula is C25H21N5O3S. The van der Waals surface area contributed by atoms with Gasteiger partial charge in [-0.25, -0.2) is 0 Å². The quantitative estimate of drug-likeness (QED) is 0.398. The highest BCUT2D eigenvalue weighted by Gasteiger charge is 2.29. The average molecular weight is 472 g/mol. The van der Waals surface area contributed by atoms with Gasteiger partial charge in [0.25, 0.3) is 15.9 Å². The molecule has 5 rings (SSSR count). The lowest BCUT2D eigenvalue weighted by atomic mass is 9.91. The number of carbonyl (C=O) groups excluding carboxylic acids is 1. The average Bonchev–Trinajstić information content (AvgIpc) is 3.40. The lowest BCUT2D eigenvalue weighted by Gasteiger charge is -2.21. The smallest absolute Gasteiger partial charge is 0.287 e. The molecule has 1 aliphatic rings. The molecule has 1 amide bonds.